The first-order valence-electron chi connectivity index (χ1n) is 9.94. The third-order valence-electron chi connectivity index (χ3n) is 5.16. The van der Waals surface area contributed by atoms with Gasteiger partial charge in [-0.15, -0.1) is 0 Å². The van der Waals surface area contributed by atoms with Gasteiger partial charge in [-0.05, 0) is 64.3 Å². The largest absolute Gasteiger partial charge is 0.504 e. The average molecular weight is 548 g/mol. The lowest BCUT2D eigenvalue weighted by molar-refractivity contribution is 0.313. The number of halogens is 3. The first-order chi connectivity index (χ1) is 15.0. The van der Waals surface area contributed by atoms with Crippen LogP contribution in [-0.4, -0.2) is 17.4 Å². The van der Waals surface area contributed by atoms with Crippen molar-refractivity contribution >= 4 is 37.6 Å². The molecule has 1 aliphatic heterocycles. The van der Waals surface area contributed by atoms with E-state index in [1.165, 1.54) is 6.07 Å². The molecule has 2 N–H and O–H groups in total. The van der Waals surface area contributed by atoms with E-state index < -0.39 is 6.17 Å². The fourth-order valence-corrected chi connectivity index (χ4v) is 4.49. The molecule has 0 aliphatic carbocycles. The van der Waals surface area contributed by atoms with E-state index in [1.54, 1.807) is 18.2 Å². The summed E-state index contributed by atoms with van der Waals surface area (Å²) < 4.78 is 20.7. The lowest BCUT2D eigenvalue weighted by Gasteiger charge is -2.31. The Morgan fingerprint density at radius 3 is 2.68 bits per heavy atom. The van der Waals surface area contributed by atoms with Gasteiger partial charge in [-0.25, -0.2) is 4.39 Å². The third kappa shape index (κ3) is 4.84. The quantitative estimate of drug-likeness (QED) is 0.374. The Labute approximate surface area is 197 Å². The van der Waals surface area contributed by atoms with Crippen molar-refractivity contribution in [2.45, 2.75) is 25.6 Å². The van der Waals surface area contributed by atoms with Crippen LogP contribution in [-0.2, 0) is 0 Å². The molecule has 3 aromatic rings. The molecule has 0 saturated heterocycles. The number of ether oxygens (including phenoxy) is 1. The molecule has 4 nitrogen and oxygen atoms in total. The zero-order valence-corrected chi connectivity index (χ0v) is 20.0. The normalized spacial score (nSPS) is 18.5. The number of para-hydroxylation sites is 1. The van der Waals surface area contributed by atoms with Crippen LogP contribution < -0.4 is 10.1 Å². The summed E-state index contributed by atoms with van der Waals surface area (Å²) in [5, 5.41) is 14.3. The average Bonchev–Trinajstić information content (AvgIpc) is 2.77. The number of aromatic hydroxyl groups is 1. The van der Waals surface area contributed by atoms with Gasteiger partial charge in [0, 0.05) is 28.2 Å². The number of nitrogens with one attached hydrogen (secondary N) is 1. The van der Waals surface area contributed by atoms with Gasteiger partial charge in [0.05, 0.1) is 11.1 Å². The summed E-state index contributed by atoms with van der Waals surface area (Å²) in [4.78, 5) is 4.93. The van der Waals surface area contributed by atoms with E-state index in [1.807, 2.05) is 43.3 Å². The number of hydrogen-bond acceptors (Lipinski definition) is 4. The van der Waals surface area contributed by atoms with Gasteiger partial charge in [-0.2, -0.15) is 0 Å². The van der Waals surface area contributed by atoms with Crippen molar-refractivity contribution in [1.29, 1.82) is 0 Å². The summed E-state index contributed by atoms with van der Waals surface area (Å²) in [5.74, 6) is 0.250. The van der Waals surface area contributed by atoms with Crippen LogP contribution in [0.1, 0.15) is 42.2 Å². The lowest BCUT2D eigenvalue weighted by atomic mass is 9.93. The summed E-state index contributed by atoms with van der Waals surface area (Å²) >= 11 is 6.80. The van der Waals surface area contributed by atoms with Crippen molar-refractivity contribution in [2.75, 3.05) is 6.61 Å². The predicted octanol–water partition coefficient (Wildman–Crippen LogP) is 6.68. The van der Waals surface area contributed by atoms with Crippen molar-refractivity contribution in [3.8, 4) is 11.5 Å². The second-order valence-electron chi connectivity index (χ2n) is 7.21. The second kappa shape index (κ2) is 9.51. The molecule has 1 aliphatic rings. The topological polar surface area (TPSA) is 53.8 Å². The molecule has 7 heteroatoms. The number of aliphatic imine (C=N–C) groups is 1. The van der Waals surface area contributed by atoms with E-state index in [0.29, 0.717) is 23.2 Å². The van der Waals surface area contributed by atoms with Crippen LogP contribution in [0.25, 0.3) is 0 Å². The maximum atomic E-state index is 13.8. The van der Waals surface area contributed by atoms with Crippen molar-refractivity contribution in [3.05, 3.63) is 92.1 Å². The van der Waals surface area contributed by atoms with E-state index in [9.17, 15) is 9.50 Å². The van der Waals surface area contributed by atoms with E-state index in [2.05, 4.69) is 37.2 Å². The van der Waals surface area contributed by atoms with E-state index in [4.69, 9.17) is 9.73 Å². The Morgan fingerprint density at radius 2 is 1.94 bits per heavy atom. The molecule has 0 spiro atoms. The Balaban J connectivity index is 1.77. The minimum atomic E-state index is -0.403. The van der Waals surface area contributed by atoms with Crippen LogP contribution in [0.2, 0.25) is 0 Å². The summed E-state index contributed by atoms with van der Waals surface area (Å²) in [7, 11) is 0. The molecule has 1 heterocycles. The van der Waals surface area contributed by atoms with Crippen LogP contribution in [0, 0.1) is 5.82 Å². The first kappa shape index (κ1) is 22.0. The first-order valence-corrected chi connectivity index (χ1v) is 11.5. The minimum Gasteiger partial charge on any atom is -0.504 e. The molecule has 0 amide bonds. The Bertz CT molecular complexity index is 1140. The van der Waals surface area contributed by atoms with Crippen LogP contribution in [0.15, 0.2) is 74.6 Å². The zero-order chi connectivity index (χ0) is 22.0. The van der Waals surface area contributed by atoms with Crippen LogP contribution in [0.4, 0.5) is 4.39 Å². The number of phenolic OH excluding ortho intramolecular Hbond substituents is 1. The van der Waals surface area contributed by atoms with Crippen molar-refractivity contribution < 1.29 is 14.2 Å². The summed E-state index contributed by atoms with van der Waals surface area (Å²) in [5.41, 5.74) is 3.45. The third-order valence-corrected chi connectivity index (χ3v) is 6.27. The van der Waals surface area contributed by atoms with Crippen LogP contribution in [0.5, 0.6) is 11.5 Å². The van der Waals surface area contributed by atoms with Crippen molar-refractivity contribution in [2.24, 2.45) is 4.99 Å². The Morgan fingerprint density at radius 1 is 1.13 bits per heavy atom. The second-order valence-corrected chi connectivity index (χ2v) is 8.98. The molecule has 160 valence electrons. The fourth-order valence-electron chi connectivity index (χ4n) is 3.69. The number of benzene rings is 3. The molecule has 4 rings (SSSR count). The SMILES string of the molecule is CCOc1cccc([C@@H]2CC(c3cccc(Br)c3)=N[C@H](c3ccc(F)c(Br)c3)N2)c1O. The Hall–Kier alpha value is -2.22. The predicted molar refractivity (Wildman–Crippen MR) is 127 cm³/mol. The van der Waals surface area contributed by atoms with Gasteiger partial charge in [0.2, 0.25) is 0 Å². The summed E-state index contributed by atoms with van der Waals surface area (Å²) in [6.45, 7) is 2.34. The highest BCUT2D eigenvalue weighted by atomic mass is 79.9. The molecule has 0 saturated carbocycles. The molecule has 0 radical (unpaired) electrons. The summed E-state index contributed by atoms with van der Waals surface area (Å²) in [6, 6.07) is 18.1. The molecule has 0 unspecified atom stereocenters. The molecular formula is C24H21Br2FN2O2. The molecular weight excluding hydrogens is 527 g/mol. The van der Waals surface area contributed by atoms with Gasteiger partial charge in [-0.3, -0.25) is 10.3 Å². The van der Waals surface area contributed by atoms with Gasteiger partial charge in [-0.1, -0.05) is 46.3 Å². The number of hydrogen-bond donors (Lipinski definition) is 2. The Kier molecular flexibility index (Phi) is 6.74. The van der Waals surface area contributed by atoms with Gasteiger partial charge in [0.15, 0.2) is 11.5 Å². The summed E-state index contributed by atoms with van der Waals surface area (Å²) in [6.07, 6.45) is 0.179. The highest BCUT2D eigenvalue weighted by Crippen LogP contribution is 2.39. The smallest absolute Gasteiger partial charge is 0.162 e. The van der Waals surface area contributed by atoms with Gasteiger partial charge < -0.3 is 9.84 Å². The zero-order valence-electron chi connectivity index (χ0n) is 16.8. The standard InChI is InChI=1S/C24H21Br2FN2O2/c1-2-31-22-8-4-7-17(23(22)30)21-13-20(14-5-3-6-16(25)11-14)28-24(29-21)15-9-10-19(27)18(26)12-15/h3-12,21,24,29-30H,2,13H2,1H3/t21-,24-/m0/s1. The van der Waals surface area contributed by atoms with E-state index >= 15 is 0 Å². The molecule has 3 aromatic carbocycles. The van der Waals surface area contributed by atoms with E-state index in [0.717, 1.165) is 26.9 Å². The maximum Gasteiger partial charge on any atom is 0.162 e. The molecule has 2 atom stereocenters. The lowest BCUT2D eigenvalue weighted by Crippen LogP contribution is -2.33. The van der Waals surface area contributed by atoms with Crippen LogP contribution >= 0.6 is 31.9 Å². The molecule has 31 heavy (non-hydrogen) atoms. The fraction of sp³-hybridized carbons (Fsp3) is 0.208. The number of rotatable bonds is 5. The molecule has 0 fully saturated rings. The highest BCUT2D eigenvalue weighted by molar-refractivity contribution is 9.10. The van der Waals surface area contributed by atoms with Gasteiger partial charge in [0.25, 0.3) is 0 Å². The van der Waals surface area contributed by atoms with Crippen LogP contribution in [0.3, 0.4) is 0 Å². The maximum absolute atomic E-state index is 13.8. The monoisotopic (exact) mass is 546 g/mol. The molecule has 0 aromatic heterocycles. The van der Waals surface area contributed by atoms with Gasteiger partial charge >= 0.3 is 0 Å². The number of nitrogens with zero attached hydrogens (tertiary/aromatic N) is 1. The van der Waals surface area contributed by atoms with Gasteiger partial charge in [0.1, 0.15) is 12.0 Å². The highest BCUT2D eigenvalue weighted by Gasteiger charge is 2.29. The van der Waals surface area contributed by atoms with E-state index in [-0.39, 0.29) is 17.6 Å². The minimum absolute atomic E-state index is 0.122. The van der Waals surface area contributed by atoms with Crippen molar-refractivity contribution in [1.82, 2.24) is 5.32 Å². The molecule has 0 bridgehead atoms. The number of phenols is 1. The van der Waals surface area contributed by atoms with Crippen molar-refractivity contribution in [3.63, 3.8) is 0 Å².